The zero-order valence-electron chi connectivity index (χ0n) is 11.8. The molecule has 0 fully saturated rings. The van der Waals surface area contributed by atoms with Crippen molar-refractivity contribution in [2.45, 2.75) is 19.4 Å². The molecule has 110 valence electrons. The van der Waals surface area contributed by atoms with Gasteiger partial charge in [0.2, 0.25) is 0 Å². The number of hydrogen-bond acceptors (Lipinski definition) is 3. The van der Waals surface area contributed by atoms with Crippen molar-refractivity contribution in [2.75, 3.05) is 13.2 Å². The van der Waals surface area contributed by atoms with Crippen LogP contribution >= 0.6 is 11.6 Å². The van der Waals surface area contributed by atoms with E-state index in [1.165, 1.54) is 0 Å². The van der Waals surface area contributed by atoms with E-state index in [9.17, 15) is 5.11 Å². The minimum Gasteiger partial charge on any atom is -0.490 e. The molecule has 0 spiro atoms. The van der Waals surface area contributed by atoms with E-state index in [-0.39, 0.29) is 0 Å². The largest absolute Gasteiger partial charge is 0.490 e. The van der Waals surface area contributed by atoms with E-state index >= 15 is 0 Å². The van der Waals surface area contributed by atoms with Gasteiger partial charge in [0.25, 0.3) is 0 Å². The van der Waals surface area contributed by atoms with E-state index in [0.29, 0.717) is 24.0 Å². The Balaban J connectivity index is 1.94. The summed E-state index contributed by atoms with van der Waals surface area (Å²) >= 11 is 5.96. The molecule has 1 aliphatic heterocycles. The maximum absolute atomic E-state index is 10.6. The summed E-state index contributed by atoms with van der Waals surface area (Å²) < 4.78 is 11.3. The van der Waals surface area contributed by atoms with Crippen molar-refractivity contribution in [2.24, 2.45) is 0 Å². The molecule has 0 bridgehead atoms. The van der Waals surface area contributed by atoms with Gasteiger partial charge in [0.05, 0.1) is 13.2 Å². The Labute approximate surface area is 129 Å². The van der Waals surface area contributed by atoms with Crippen LogP contribution < -0.4 is 9.47 Å². The van der Waals surface area contributed by atoms with Crippen LogP contribution in [0.4, 0.5) is 0 Å². The lowest BCUT2D eigenvalue weighted by Crippen LogP contribution is -2.03. The molecule has 0 aromatic heterocycles. The van der Waals surface area contributed by atoms with E-state index in [1.807, 2.05) is 37.3 Å². The molecule has 2 aromatic rings. The van der Waals surface area contributed by atoms with Crippen LogP contribution in [0.15, 0.2) is 36.4 Å². The molecule has 21 heavy (non-hydrogen) atoms. The summed E-state index contributed by atoms with van der Waals surface area (Å²) in [6, 6.07) is 11.1. The van der Waals surface area contributed by atoms with Crippen LogP contribution in [0.2, 0.25) is 5.02 Å². The van der Waals surface area contributed by atoms with Gasteiger partial charge in [-0.25, -0.2) is 0 Å². The third-order valence-corrected chi connectivity index (χ3v) is 3.85. The first-order valence-electron chi connectivity index (χ1n) is 6.99. The van der Waals surface area contributed by atoms with Crippen LogP contribution in [0.25, 0.3) is 0 Å². The van der Waals surface area contributed by atoms with Crippen LogP contribution in [0.1, 0.15) is 29.2 Å². The summed E-state index contributed by atoms with van der Waals surface area (Å²) in [5.41, 5.74) is 2.58. The molecule has 0 radical (unpaired) electrons. The van der Waals surface area contributed by atoms with E-state index < -0.39 is 6.10 Å². The molecule has 1 unspecified atom stereocenters. The smallest absolute Gasteiger partial charge is 0.161 e. The first kappa shape index (κ1) is 14.2. The summed E-state index contributed by atoms with van der Waals surface area (Å²) in [4.78, 5) is 0. The number of halogens is 1. The van der Waals surface area contributed by atoms with Crippen LogP contribution in [0.3, 0.4) is 0 Å². The van der Waals surface area contributed by atoms with E-state index in [2.05, 4.69) is 0 Å². The third-order valence-electron chi connectivity index (χ3n) is 3.61. The van der Waals surface area contributed by atoms with Crippen LogP contribution in [0.5, 0.6) is 11.5 Å². The third kappa shape index (κ3) is 2.99. The second-order valence-corrected chi connectivity index (χ2v) is 5.60. The monoisotopic (exact) mass is 304 g/mol. The number of fused-ring (bicyclic) bond motifs is 1. The molecule has 1 N–H and O–H groups in total. The molecule has 0 amide bonds. The summed E-state index contributed by atoms with van der Waals surface area (Å²) in [7, 11) is 0. The summed E-state index contributed by atoms with van der Waals surface area (Å²) in [5, 5.41) is 11.3. The van der Waals surface area contributed by atoms with Crippen molar-refractivity contribution in [3.8, 4) is 11.5 Å². The summed E-state index contributed by atoms with van der Waals surface area (Å²) in [6.07, 6.45) is 0.155. The molecule has 0 saturated carbocycles. The lowest BCUT2D eigenvalue weighted by atomic mass is 9.97. The van der Waals surface area contributed by atoms with Gasteiger partial charge in [0.1, 0.15) is 6.10 Å². The zero-order chi connectivity index (χ0) is 14.8. The fraction of sp³-hybridized carbons (Fsp3) is 0.294. The molecule has 0 aliphatic carbocycles. The molecule has 2 aromatic carbocycles. The Morgan fingerprint density at radius 2 is 1.81 bits per heavy atom. The molecule has 1 heterocycles. The molecule has 1 atom stereocenters. The van der Waals surface area contributed by atoms with Gasteiger partial charge in [0.15, 0.2) is 11.5 Å². The number of aliphatic hydroxyl groups excluding tert-OH is 1. The van der Waals surface area contributed by atoms with Crippen molar-refractivity contribution in [3.63, 3.8) is 0 Å². The Morgan fingerprint density at radius 3 is 2.57 bits per heavy atom. The SMILES string of the molecule is Cc1cc(Cl)ccc1C(O)c1ccc2c(c1)OCCCO2. The van der Waals surface area contributed by atoms with Crippen molar-refractivity contribution >= 4 is 11.6 Å². The van der Waals surface area contributed by atoms with Crippen LogP contribution in [-0.2, 0) is 0 Å². The van der Waals surface area contributed by atoms with Gasteiger partial charge in [-0.2, -0.15) is 0 Å². The highest BCUT2D eigenvalue weighted by Gasteiger charge is 2.17. The first-order valence-corrected chi connectivity index (χ1v) is 7.36. The Hall–Kier alpha value is -1.71. The molecule has 0 saturated heterocycles. The number of rotatable bonds is 2. The Morgan fingerprint density at radius 1 is 1.05 bits per heavy atom. The predicted octanol–water partition coefficient (Wildman–Crippen LogP) is 3.89. The second-order valence-electron chi connectivity index (χ2n) is 5.16. The summed E-state index contributed by atoms with van der Waals surface area (Å²) in [5.74, 6) is 1.42. The molecule has 3 nitrogen and oxygen atoms in total. The minimum absolute atomic E-state index is 0.631. The number of aryl methyl sites for hydroxylation is 1. The van der Waals surface area contributed by atoms with Gasteiger partial charge >= 0.3 is 0 Å². The van der Waals surface area contributed by atoms with E-state index in [0.717, 1.165) is 28.9 Å². The minimum atomic E-state index is -0.709. The van der Waals surface area contributed by atoms with Gasteiger partial charge in [-0.1, -0.05) is 23.7 Å². The lowest BCUT2D eigenvalue weighted by molar-refractivity contribution is 0.218. The van der Waals surface area contributed by atoms with E-state index in [1.54, 1.807) is 6.07 Å². The average Bonchev–Trinajstić information content (AvgIpc) is 2.71. The maximum Gasteiger partial charge on any atom is 0.161 e. The van der Waals surface area contributed by atoms with Crippen LogP contribution in [0, 0.1) is 6.92 Å². The van der Waals surface area contributed by atoms with Crippen molar-refractivity contribution in [1.29, 1.82) is 0 Å². The number of hydrogen-bond donors (Lipinski definition) is 1. The fourth-order valence-corrected chi connectivity index (χ4v) is 2.70. The van der Waals surface area contributed by atoms with Gasteiger partial charge in [-0.15, -0.1) is 0 Å². The normalized spacial score (nSPS) is 15.4. The molecule has 1 aliphatic rings. The summed E-state index contributed by atoms with van der Waals surface area (Å²) in [6.45, 7) is 3.23. The predicted molar refractivity (Wildman–Crippen MR) is 82.3 cm³/mol. The molecular weight excluding hydrogens is 288 g/mol. The lowest BCUT2D eigenvalue weighted by Gasteiger charge is -2.16. The van der Waals surface area contributed by atoms with Crippen molar-refractivity contribution < 1.29 is 14.6 Å². The quantitative estimate of drug-likeness (QED) is 0.915. The van der Waals surface area contributed by atoms with Gasteiger partial charge in [-0.3, -0.25) is 0 Å². The van der Waals surface area contributed by atoms with Gasteiger partial charge < -0.3 is 14.6 Å². The highest BCUT2D eigenvalue weighted by molar-refractivity contribution is 6.30. The highest BCUT2D eigenvalue weighted by atomic mass is 35.5. The molecule has 4 heteroatoms. The Kier molecular flexibility index (Phi) is 4.04. The second kappa shape index (κ2) is 5.96. The van der Waals surface area contributed by atoms with Gasteiger partial charge in [0, 0.05) is 11.4 Å². The standard InChI is InChI=1S/C17H17ClO3/c1-11-9-13(18)4-5-14(11)17(19)12-3-6-15-16(10-12)21-8-2-7-20-15/h3-6,9-10,17,19H,2,7-8H2,1H3. The molecule has 3 rings (SSSR count). The molecular formula is C17H17ClO3. The average molecular weight is 305 g/mol. The first-order chi connectivity index (χ1) is 10.1. The number of ether oxygens (including phenoxy) is 2. The van der Waals surface area contributed by atoms with Crippen molar-refractivity contribution in [3.05, 3.63) is 58.1 Å². The maximum atomic E-state index is 10.6. The van der Waals surface area contributed by atoms with Gasteiger partial charge in [-0.05, 0) is 47.9 Å². The number of aliphatic hydroxyl groups is 1. The zero-order valence-corrected chi connectivity index (χ0v) is 12.6. The number of benzene rings is 2. The highest BCUT2D eigenvalue weighted by Crippen LogP contribution is 2.35. The van der Waals surface area contributed by atoms with Crippen LogP contribution in [-0.4, -0.2) is 18.3 Å². The van der Waals surface area contributed by atoms with Crippen molar-refractivity contribution in [1.82, 2.24) is 0 Å². The Bertz CT molecular complexity index is 654. The topological polar surface area (TPSA) is 38.7 Å². The van der Waals surface area contributed by atoms with E-state index in [4.69, 9.17) is 21.1 Å². The fourth-order valence-electron chi connectivity index (χ4n) is 2.48.